The largest absolute Gasteiger partial charge is 0.478 e. The van der Waals surface area contributed by atoms with Crippen LogP contribution < -0.4 is 5.56 Å². The van der Waals surface area contributed by atoms with Gasteiger partial charge in [0.25, 0.3) is 5.56 Å². The number of likely N-dealkylation sites (tertiary alicyclic amines) is 1. The number of carboxylic acids is 1. The molecule has 0 atom stereocenters. The molecule has 2 saturated heterocycles. The summed E-state index contributed by atoms with van der Waals surface area (Å²) in [6, 6.07) is 13.3. The number of para-hydroxylation sites is 1. The second-order valence-electron chi connectivity index (χ2n) is 9.61. The van der Waals surface area contributed by atoms with Crippen molar-refractivity contribution in [3.63, 3.8) is 0 Å². The number of hydrogen-bond donors (Lipinski definition) is 1. The summed E-state index contributed by atoms with van der Waals surface area (Å²) in [5.41, 5.74) is 0.0432. The summed E-state index contributed by atoms with van der Waals surface area (Å²) in [6.07, 6.45) is 2.33. The second-order valence-corrected chi connectivity index (χ2v) is 9.61. The lowest BCUT2D eigenvalue weighted by Gasteiger charge is -2.42. The molecule has 184 valence electrons. The molecule has 2 fully saturated rings. The van der Waals surface area contributed by atoms with Gasteiger partial charge in [-0.25, -0.2) is 9.18 Å². The fourth-order valence-electron chi connectivity index (χ4n) is 5.53. The van der Waals surface area contributed by atoms with Gasteiger partial charge in [0.2, 0.25) is 0 Å². The van der Waals surface area contributed by atoms with Crippen molar-refractivity contribution in [2.75, 3.05) is 46.3 Å². The highest BCUT2D eigenvalue weighted by atomic mass is 19.1. The number of fused-ring (bicyclic) bond motifs is 1. The predicted octanol–water partition coefficient (Wildman–Crippen LogP) is 3.04. The summed E-state index contributed by atoms with van der Waals surface area (Å²) < 4.78 is 16.2. The smallest absolute Gasteiger partial charge is 0.338 e. The molecule has 1 aromatic heterocycles. The van der Waals surface area contributed by atoms with E-state index in [-0.39, 0.29) is 23.2 Å². The van der Waals surface area contributed by atoms with E-state index in [1.54, 1.807) is 36.4 Å². The Morgan fingerprint density at radius 2 is 1.57 bits per heavy atom. The Bertz CT molecular complexity index is 1290. The number of rotatable bonds is 5. The van der Waals surface area contributed by atoms with Crippen LogP contribution in [0.4, 0.5) is 4.39 Å². The Morgan fingerprint density at radius 3 is 2.23 bits per heavy atom. The van der Waals surface area contributed by atoms with Crippen LogP contribution in [0.3, 0.4) is 0 Å². The zero-order valence-electron chi connectivity index (χ0n) is 20.0. The molecule has 3 heterocycles. The average molecular weight is 479 g/mol. The summed E-state index contributed by atoms with van der Waals surface area (Å²) in [5, 5.41) is 10.9. The zero-order chi connectivity index (χ0) is 24.5. The molecule has 0 aliphatic carbocycles. The fourth-order valence-corrected chi connectivity index (χ4v) is 5.53. The van der Waals surface area contributed by atoms with E-state index in [1.807, 2.05) is 0 Å². The third-order valence-electron chi connectivity index (χ3n) is 7.48. The number of carbonyl (C=O) groups is 1. The number of benzene rings is 2. The van der Waals surface area contributed by atoms with Gasteiger partial charge < -0.3 is 10.0 Å². The van der Waals surface area contributed by atoms with Crippen LogP contribution in [0.1, 0.15) is 28.9 Å². The van der Waals surface area contributed by atoms with Crippen LogP contribution in [0.15, 0.2) is 53.3 Å². The van der Waals surface area contributed by atoms with E-state index in [0.717, 1.165) is 52.1 Å². The minimum absolute atomic E-state index is 0.0567. The average Bonchev–Trinajstić information content (AvgIpc) is 2.86. The summed E-state index contributed by atoms with van der Waals surface area (Å²) in [7, 11) is 2.16. The lowest BCUT2D eigenvalue weighted by molar-refractivity contribution is 0.0601. The molecule has 1 N–H and O–H groups in total. The molecule has 35 heavy (non-hydrogen) atoms. The molecule has 2 aliphatic heterocycles. The Morgan fingerprint density at radius 1 is 0.943 bits per heavy atom. The second kappa shape index (κ2) is 9.89. The number of aromatic carboxylic acids is 1. The molecule has 5 rings (SSSR count). The van der Waals surface area contributed by atoms with Gasteiger partial charge in [-0.05, 0) is 51.2 Å². The maximum absolute atomic E-state index is 14.9. The summed E-state index contributed by atoms with van der Waals surface area (Å²) in [5.74, 6) is -1.68. The molecule has 7 nitrogen and oxygen atoms in total. The van der Waals surface area contributed by atoms with Crippen molar-refractivity contribution in [1.29, 1.82) is 0 Å². The summed E-state index contributed by atoms with van der Waals surface area (Å²) >= 11 is 0. The summed E-state index contributed by atoms with van der Waals surface area (Å²) in [6.45, 7) is 5.81. The van der Waals surface area contributed by atoms with E-state index in [9.17, 15) is 19.1 Å². The Hall–Kier alpha value is -3.07. The number of pyridine rings is 1. The minimum Gasteiger partial charge on any atom is -0.478 e. The van der Waals surface area contributed by atoms with Crippen molar-refractivity contribution in [1.82, 2.24) is 19.3 Å². The molecule has 0 saturated carbocycles. The van der Waals surface area contributed by atoms with E-state index >= 15 is 0 Å². The van der Waals surface area contributed by atoms with Crippen LogP contribution in [0.5, 0.6) is 0 Å². The standard InChI is InChI=1S/C27H31FN4O3/c1-29-12-10-19(11-13-29)31-16-14-30(15-17-31)18-24-25(27(34)35)20-6-2-3-7-21(20)26(33)32(24)23-9-5-4-8-22(23)28/h2-9,19H,10-18H2,1H3,(H,34,35). The van der Waals surface area contributed by atoms with E-state index in [1.165, 1.54) is 16.7 Å². The molecule has 8 heteroatoms. The molecule has 0 radical (unpaired) electrons. The highest BCUT2D eigenvalue weighted by molar-refractivity contribution is 6.04. The third-order valence-corrected chi connectivity index (χ3v) is 7.48. The van der Waals surface area contributed by atoms with Crippen LogP contribution in [0.25, 0.3) is 16.5 Å². The maximum atomic E-state index is 14.9. The van der Waals surface area contributed by atoms with Crippen LogP contribution in [0.2, 0.25) is 0 Å². The molecular weight excluding hydrogens is 447 g/mol. The van der Waals surface area contributed by atoms with E-state index in [4.69, 9.17) is 0 Å². The highest BCUT2D eigenvalue weighted by Gasteiger charge is 2.29. The molecule has 0 amide bonds. The highest BCUT2D eigenvalue weighted by Crippen LogP contribution is 2.26. The number of nitrogens with zero attached hydrogens (tertiary/aromatic N) is 4. The number of hydrogen-bond acceptors (Lipinski definition) is 5. The van der Waals surface area contributed by atoms with Gasteiger partial charge in [-0.3, -0.25) is 19.2 Å². The van der Waals surface area contributed by atoms with E-state index < -0.39 is 17.3 Å². The van der Waals surface area contributed by atoms with Crippen molar-refractivity contribution < 1.29 is 14.3 Å². The lowest BCUT2D eigenvalue weighted by Crippen LogP contribution is -2.52. The van der Waals surface area contributed by atoms with Gasteiger partial charge >= 0.3 is 5.97 Å². The topological polar surface area (TPSA) is 69.0 Å². The lowest BCUT2D eigenvalue weighted by atomic mass is 10.0. The van der Waals surface area contributed by atoms with Gasteiger partial charge in [-0.2, -0.15) is 0 Å². The van der Waals surface area contributed by atoms with Gasteiger partial charge in [-0.1, -0.05) is 30.3 Å². The number of aromatic nitrogens is 1. The van der Waals surface area contributed by atoms with Crippen molar-refractivity contribution in [3.8, 4) is 5.69 Å². The Balaban J connectivity index is 1.51. The Labute approximate surface area is 204 Å². The molecule has 0 bridgehead atoms. The first-order chi connectivity index (χ1) is 16.9. The normalized spacial score (nSPS) is 18.8. The number of piperidine rings is 1. The Kier molecular flexibility index (Phi) is 6.69. The van der Waals surface area contributed by atoms with E-state index in [2.05, 4.69) is 21.7 Å². The quantitative estimate of drug-likeness (QED) is 0.608. The number of carboxylic acid groups (broad SMARTS) is 1. The first kappa shape index (κ1) is 23.7. The number of piperazine rings is 1. The monoisotopic (exact) mass is 478 g/mol. The summed E-state index contributed by atoms with van der Waals surface area (Å²) in [4.78, 5) is 33.2. The van der Waals surface area contributed by atoms with Crippen LogP contribution in [0, 0.1) is 5.82 Å². The van der Waals surface area contributed by atoms with Gasteiger partial charge in [0.05, 0.1) is 16.9 Å². The fraction of sp³-hybridized carbons (Fsp3) is 0.407. The number of halogens is 1. The van der Waals surface area contributed by atoms with E-state index in [0.29, 0.717) is 17.1 Å². The first-order valence-electron chi connectivity index (χ1n) is 12.2. The molecule has 2 aliphatic rings. The van der Waals surface area contributed by atoms with Gasteiger partial charge in [0.1, 0.15) is 5.82 Å². The van der Waals surface area contributed by atoms with Crippen molar-refractivity contribution in [3.05, 3.63) is 76.0 Å². The third kappa shape index (κ3) is 4.61. The van der Waals surface area contributed by atoms with Gasteiger partial charge in [0.15, 0.2) is 0 Å². The van der Waals surface area contributed by atoms with Gasteiger partial charge in [-0.15, -0.1) is 0 Å². The predicted molar refractivity (Wildman–Crippen MR) is 134 cm³/mol. The molecule has 2 aromatic carbocycles. The van der Waals surface area contributed by atoms with Gasteiger partial charge in [0, 0.05) is 49.5 Å². The van der Waals surface area contributed by atoms with Crippen molar-refractivity contribution in [2.45, 2.75) is 25.4 Å². The van der Waals surface area contributed by atoms with Crippen LogP contribution in [-0.2, 0) is 6.54 Å². The molecular formula is C27H31FN4O3. The zero-order valence-corrected chi connectivity index (χ0v) is 20.0. The van der Waals surface area contributed by atoms with Crippen molar-refractivity contribution in [2.24, 2.45) is 0 Å². The van der Waals surface area contributed by atoms with Crippen LogP contribution >= 0.6 is 0 Å². The van der Waals surface area contributed by atoms with Crippen molar-refractivity contribution >= 4 is 16.7 Å². The SMILES string of the molecule is CN1CCC(N2CCN(Cc3c(C(=O)O)c4ccccc4c(=O)n3-c3ccccc3F)CC2)CC1. The molecule has 3 aromatic rings. The molecule has 0 unspecified atom stereocenters. The maximum Gasteiger partial charge on any atom is 0.338 e. The minimum atomic E-state index is -1.12. The van der Waals surface area contributed by atoms with Crippen LogP contribution in [-0.4, -0.2) is 82.7 Å². The first-order valence-corrected chi connectivity index (χ1v) is 12.2. The molecule has 0 spiro atoms.